The molecule has 0 radical (unpaired) electrons. The van der Waals surface area contributed by atoms with Crippen LogP contribution in [0, 0.1) is 0 Å². The first kappa shape index (κ1) is 22.0. The number of rotatable bonds is 8. The van der Waals surface area contributed by atoms with Gasteiger partial charge >= 0.3 is 0 Å². The zero-order valence-electron chi connectivity index (χ0n) is 17.6. The number of thioether (sulfide) groups is 1. The summed E-state index contributed by atoms with van der Waals surface area (Å²) in [7, 11) is 1.71. The van der Waals surface area contributed by atoms with Crippen molar-refractivity contribution in [2.75, 3.05) is 26.5 Å². The first-order chi connectivity index (χ1) is 15.1. The molecule has 1 unspecified atom stereocenters. The van der Waals surface area contributed by atoms with Crippen LogP contribution in [-0.2, 0) is 4.74 Å². The number of allylic oxidation sites excluding steroid dienone is 1. The van der Waals surface area contributed by atoms with Crippen LogP contribution in [0.15, 0.2) is 56.9 Å². The van der Waals surface area contributed by atoms with Crippen molar-refractivity contribution >= 4 is 46.0 Å². The number of methoxy groups -OCH3 is 1. The van der Waals surface area contributed by atoms with E-state index in [1.54, 1.807) is 30.2 Å². The maximum atomic E-state index is 5.75. The van der Waals surface area contributed by atoms with Gasteiger partial charge in [-0.05, 0) is 61.0 Å². The van der Waals surface area contributed by atoms with Gasteiger partial charge in [0, 0.05) is 30.9 Å². The third kappa shape index (κ3) is 4.69. The number of benzene rings is 1. The Balaban J connectivity index is 1.75. The summed E-state index contributed by atoms with van der Waals surface area (Å²) in [5.41, 5.74) is 3.06. The second-order valence-corrected chi connectivity index (χ2v) is 9.27. The Morgan fingerprint density at radius 2 is 2.10 bits per heavy atom. The van der Waals surface area contributed by atoms with Gasteiger partial charge in [0.15, 0.2) is 5.11 Å². The van der Waals surface area contributed by atoms with E-state index in [1.807, 2.05) is 17.5 Å². The summed E-state index contributed by atoms with van der Waals surface area (Å²) in [6.07, 6.45) is 2.93. The molecule has 0 amide bonds. The highest BCUT2D eigenvalue weighted by atomic mass is 32.2. The van der Waals surface area contributed by atoms with Gasteiger partial charge in [-0.3, -0.25) is 0 Å². The van der Waals surface area contributed by atoms with Crippen LogP contribution in [0.5, 0.6) is 0 Å². The number of nitrogens with zero attached hydrogens (tertiary/aromatic N) is 3. The fourth-order valence-corrected chi connectivity index (χ4v) is 4.98. The van der Waals surface area contributed by atoms with Crippen molar-refractivity contribution in [2.24, 2.45) is 0 Å². The Bertz CT molecular complexity index is 1060. The van der Waals surface area contributed by atoms with E-state index in [2.05, 4.69) is 52.8 Å². The summed E-state index contributed by atoms with van der Waals surface area (Å²) >= 11 is 9.03. The summed E-state index contributed by atoms with van der Waals surface area (Å²) in [4.78, 5) is 9.01. The second kappa shape index (κ2) is 9.95. The summed E-state index contributed by atoms with van der Waals surface area (Å²) in [6.45, 7) is 3.48. The molecule has 1 aliphatic heterocycles. The van der Waals surface area contributed by atoms with Crippen LogP contribution in [0.25, 0.3) is 16.3 Å². The van der Waals surface area contributed by atoms with Crippen molar-refractivity contribution in [2.45, 2.75) is 24.3 Å². The molecule has 0 bridgehead atoms. The molecule has 9 heteroatoms. The highest BCUT2D eigenvalue weighted by Crippen LogP contribution is 2.38. The van der Waals surface area contributed by atoms with E-state index in [1.165, 1.54) is 4.90 Å². The molecule has 3 heterocycles. The van der Waals surface area contributed by atoms with Gasteiger partial charge in [-0.25, -0.2) is 0 Å². The van der Waals surface area contributed by atoms with Crippen molar-refractivity contribution in [3.63, 3.8) is 0 Å². The Hall–Kier alpha value is -2.20. The van der Waals surface area contributed by atoms with Crippen molar-refractivity contribution in [1.82, 2.24) is 20.4 Å². The van der Waals surface area contributed by atoms with E-state index in [9.17, 15) is 0 Å². The monoisotopic (exact) mass is 472 g/mol. The number of aromatic nitrogens is 2. The number of hydrogen-bond acceptors (Lipinski definition) is 7. The molecule has 1 atom stereocenters. The van der Waals surface area contributed by atoms with Crippen molar-refractivity contribution in [3.8, 4) is 10.7 Å². The molecule has 0 spiro atoms. The van der Waals surface area contributed by atoms with Gasteiger partial charge in [-0.2, -0.15) is 4.98 Å². The highest BCUT2D eigenvalue weighted by Gasteiger charge is 2.34. The average molecular weight is 473 g/mol. The van der Waals surface area contributed by atoms with Crippen LogP contribution in [0.4, 0.5) is 0 Å². The van der Waals surface area contributed by atoms with Crippen LogP contribution in [-0.4, -0.2) is 46.7 Å². The van der Waals surface area contributed by atoms with E-state index < -0.39 is 0 Å². The van der Waals surface area contributed by atoms with E-state index in [-0.39, 0.29) is 6.04 Å². The van der Waals surface area contributed by atoms with Crippen molar-refractivity contribution < 1.29 is 9.26 Å². The molecule has 3 aromatic rings. The summed E-state index contributed by atoms with van der Waals surface area (Å²) in [5.74, 6) is 1.10. The smallest absolute Gasteiger partial charge is 0.258 e. The molecule has 0 saturated heterocycles. The first-order valence-corrected chi connectivity index (χ1v) is 12.4. The Morgan fingerprint density at radius 3 is 2.77 bits per heavy atom. The van der Waals surface area contributed by atoms with E-state index in [0.29, 0.717) is 23.4 Å². The number of thiocarbonyl (C=S) groups is 1. The number of thiophene rings is 1. The van der Waals surface area contributed by atoms with Gasteiger partial charge in [0.2, 0.25) is 5.82 Å². The summed E-state index contributed by atoms with van der Waals surface area (Å²) < 4.78 is 11.0. The van der Waals surface area contributed by atoms with E-state index in [4.69, 9.17) is 26.5 Å². The molecule has 31 heavy (non-hydrogen) atoms. The number of nitrogens with one attached hydrogen (secondary N) is 1. The lowest BCUT2D eigenvalue weighted by Gasteiger charge is -2.37. The molecular weight excluding hydrogens is 448 g/mol. The molecule has 1 aromatic carbocycles. The van der Waals surface area contributed by atoms with Crippen molar-refractivity contribution in [3.05, 3.63) is 58.9 Å². The molecule has 2 aromatic heterocycles. The molecule has 1 aliphatic rings. The van der Waals surface area contributed by atoms with Crippen LogP contribution >= 0.6 is 35.3 Å². The van der Waals surface area contributed by atoms with Gasteiger partial charge in [-0.1, -0.05) is 23.4 Å². The Labute approximate surface area is 195 Å². The molecule has 162 valence electrons. The standard InChI is InChI=1S/C22H24N4O2S3/c1-14-18(21-24-20(25-28-21)17-6-4-13-31-17)19(15-7-9-16(30-3)10-8-15)23-22(29)26(14)11-5-12-27-2/h4,6-10,13,19H,5,11-12H2,1-3H3,(H,23,29). The minimum absolute atomic E-state index is 0.168. The average Bonchev–Trinajstić information content (AvgIpc) is 3.48. The summed E-state index contributed by atoms with van der Waals surface area (Å²) in [6, 6.07) is 12.3. The lowest BCUT2D eigenvalue weighted by molar-refractivity contribution is 0.188. The van der Waals surface area contributed by atoms with Crippen LogP contribution in [0.1, 0.15) is 30.8 Å². The zero-order valence-corrected chi connectivity index (χ0v) is 20.1. The van der Waals surface area contributed by atoms with Crippen molar-refractivity contribution in [1.29, 1.82) is 0 Å². The second-order valence-electron chi connectivity index (χ2n) is 7.05. The van der Waals surface area contributed by atoms with E-state index >= 15 is 0 Å². The third-order valence-electron chi connectivity index (χ3n) is 5.17. The molecule has 0 fully saturated rings. The van der Waals surface area contributed by atoms with Gasteiger partial charge in [0.25, 0.3) is 5.89 Å². The minimum Gasteiger partial charge on any atom is -0.385 e. The molecular formula is C22H24N4O2S3. The number of hydrogen-bond donors (Lipinski definition) is 1. The quantitative estimate of drug-likeness (QED) is 0.272. The maximum Gasteiger partial charge on any atom is 0.258 e. The van der Waals surface area contributed by atoms with Gasteiger partial charge in [0.1, 0.15) is 0 Å². The largest absolute Gasteiger partial charge is 0.385 e. The lowest BCUT2D eigenvalue weighted by Crippen LogP contribution is -2.46. The highest BCUT2D eigenvalue weighted by molar-refractivity contribution is 7.98. The molecule has 0 saturated carbocycles. The molecule has 4 rings (SSSR count). The van der Waals surface area contributed by atoms with Gasteiger partial charge in [0.05, 0.1) is 16.5 Å². The van der Waals surface area contributed by atoms with Crippen LogP contribution < -0.4 is 5.32 Å². The van der Waals surface area contributed by atoms with Crippen LogP contribution in [0.3, 0.4) is 0 Å². The molecule has 1 N–H and O–H groups in total. The number of ether oxygens (including phenoxy) is 1. The third-order valence-corrected chi connectivity index (χ3v) is 7.12. The minimum atomic E-state index is -0.168. The van der Waals surface area contributed by atoms with Gasteiger partial charge in [-0.15, -0.1) is 23.1 Å². The topological polar surface area (TPSA) is 63.4 Å². The predicted octanol–water partition coefficient (Wildman–Crippen LogP) is 5.22. The Kier molecular flexibility index (Phi) is 7.06. The predicted molar refractivity (Wildman–Crippen MR) is 130 cm³/mol. The first-order valence-electron chi connectivity index (χ1n) is 9.92. The molecule has 0 aliphatic carbocycles. The summed E-state index contributed by atoms with van der Waals surface area (Å²) in [5, 5.41) is 10.4. The van der Waals surface area contributed by atoms with Crippen LogP contribution in [0.2, 0.25) is 0 Å². The fourth-order valence-electron chi connectivity index (χ4n) is 3.58. The normalized spacial score (nSPS) is 16.7. The van der Waals surface area contributed by atoms with E-state index in [0.717, 1.165) is 34.7 Å². The zero-order chi connectivity index (χ0) is 21.8. The Morgan fingerprint density at radius 1 is 1.29 bits per heavy atom. The maximum absolute atomic E-state index is 5.75. The fraction of sp³-hybridized carbons (Fsp3) is 0.318. The van der Waals surface area contributed by atoms with Gasteiger partial charge < -0.3 is 19.5 Å². The molecule has 6 nitrogen and oxygen atoms in total. The lowest BCUT2D eigenvalue weighted by atomic mass is 9.95. The SMILES string of the molecule is COCCCN1C(=S)NC(c2ccc(SC)cc2)C(c2nc(-c3cccs3)no2)=C1C.